The zero-order chi connectivity index (χ0) is 15.3. The Morgan fingerprint density at radius 1 is 1.00 bits per heavy atom. The van der Waals surface area contributed by atoms with Crippen molar-refractivity contribution in [1.29, 1.82) is 0 Å². The van der Waals surface area contributed by atoms with Crippen molar-refractivity contribution in [2.45, 2.75) is 9.79 Å². The predicted molar refractivity (Wildman–Crippen MR) is 69.7 cm³/mol. The second-order valence-corrected chi connectivity index (χ2v) is 6.70. The molecule has 0 aromatic heterocycles. The molecule has 2 rings (SSSR count). The number of hydrogen-bond donors (Lipinski definition) is 4. The molecule has 10 heteroatoms. The smallest absolute Gasteiger partial charge is 0.298 e. The van der Waals surface area contributed by atoms with Gasteiger partial charge in [0.1, 0.15) is 9.79 Å². The van der Waals surface area contributed by atoms with Gasteiger partial charge in [-0.2, -0.15) is 16.8 Å². The van der Waals surface area contributed by atoms with E-state index in [2.05, 4.69) is 0 Å². The molecule has 5 N–H and O–H groups in total. The summed E-state index contributed by atoms with van der Waals surface area (Å²) < 4.78 is 63.6. The molecule has 0 saturated carbocycles. The molecule has 0 fully saturated rings. The lowest BCUT2D eigenvalue weighted by Crippen LogP contribution is -2.06. The van der Waals surface area contributed by atoms with Crippen molar-refractivity contribution in [2.75, 3.05) is 5.73 Å². The predicted octanol–water partition coefficient (Wildman–Crippen LogP) is 0.621. The van der Waals surface area contributed by atoms with Crippen molar-refractivity contribution in [3.63, 3.8) is 0 Å². The summed E-state index contributed by atoms with van der Waals surface area (Å²) in [4.78, 5) is -1.83. The van der Waals surface area contributed by atoms with Gasteiger partial charge in [0.2, 0.25) is 0 Å². The van der Waals surface area contributed by atoms with Crippen molar-refractivity contribution in [3.05, 3.63) is 24.3 Å². The lowest BCUT2D eigenvalue weighted by atomic mass is 10.1. The zero-order valence-corrected chi connectivity index (χ0v) is 11.3. The number of phenols is 1. The number of hydrogen-bond acceptors (Lipinski definition) is 6. The Labute approximate surface area is 114 Å². The van der Waals surface area contributed by atoms with Gasteiger partial charge >= 0.3 is 0 Å². The summed E-state index contributed by atoms with van der Waals surface area (Å²) in [5.41, 5.74) is 5.04. The van der Waals surface area contributed by atoms with Gasteiger partial charge in [-0.1, -0.05) is 12.1 Å². The minimum absolute atomic E-state index is 0.0167. The molecule has 8 nitrogen and oxygen atoms in total. The highest BCUT2D eigenvalue weighted by molar-refractivity contribution is 7.87. The van der Waals surface area contributed by atoms with Gasteiger partial charge in [-0.15, -0.1) is 0 Å². The quantitative estimate of drug-likeness (QED) is 0.356. The minimum atomic E-state index is -4.97. The highest BCUT2D eigenvalue weighted by Crippen LogP contribution is 2.39. The largest absolute Gasteiger partial charge is 0.504 e. The summed E-state index contributed by atoms with van der Waals surface area (Å²) in [6, 6.07) is 4.61. The fourth-order valence-electron chi connectivity index (χ4n) is 1.86. The number of nitrogen functional groups attached to an aromatic ring is 1. The molecule has 0 amide bonds. The van der Waals surface area contributed by atoms with E-state index in [9.17, 15) is 21.9 Å². The van der Waals surface area contributed by atoms with Crippen molar-refractivity contribution < 1.29 is 31.0 Å². The Morgan fingerprint density at radius 3 is 2.10 bits per heavy atom. The molecule has 0 spiro atoms. The van der Waals surface area contributed by atoms with E-state index in [1.807, 2.05) is 0 Å². The van der Waals surface area contributed by atoms with Crippen LogP contribution in [0.15, 0.2) is 34.1 Å². The molecule has 2 aromatic carbocycles. The second-order valence-electron chi connectivity index (χ2n) is 3.95. The number of benzene rings is 2. The third kappa shape index (κ3) is 2.29. The van der Waals surface area contributed by atoms with E-state index in [4.69, 9.17) is 14.8 Å². The molecule has 20 heavy (non-hydrogen) atoms. The maximum Gasteiger partial charge on any atom is 0.298 e. The van der Waals surface area contributed by atoms with Crippen LogP contribution in [0.2, 0.25) is 0 Å². The maximum atomic E-state index is 11.4. The molecule has 0 atom stereocenters. The number of anilines is 1. The van der Waals surface area contributed by atoms with E-state index in [0.717, 1.165) is 12.1 Å². The van der Waals surface area contributed by atoms with Gasteiger partial charge in [-0.3, -0.25) is 9.11 Å². The first kappa shape index (κ1) is 14.5. The van der Waals surface area contributed by atoms with Gasteiger partial charge in [-0.05, 0) is 17.5 Å². The van der Waals surface area contributed by atoms with E-state index in [1.165, 1.54) is 12.1 Å². The van der Waals surface area contributed by atoms with Crippen molar-refractivity contribution in [3.8, 4) is 5.75 Å². The van der Waals surface area contributed by atoms with E-state index in [0.29, 0.717) is 0 Å². The third-order valence-corrected chi connectivity index (χ3v) is 4.43. The zero-order valence-electron chi connectivity index (χ0n) is 9.68. The standard InChI is InChI=1S/C10H9NO7S2/c11-6-4-5-2-1-3-7(19(13,14)15)8(5)10(9(6)12)20(16,17)18/h1-4,12H,11H2,(H,13,14,15)(H,16,17,18). The lowest BCUT2D eigenvalue weighted by molar-refractivity contribution is 0.447. The van der Waals surface area contributed by atoms with Crippen LogP contribution in [-0.4, -0.2) is 31.0 Å². The highest BCUT2D eigenvalue weighted by atomic mass is 32.2. The molecule has 0 aliphatic heterocycles. The Kier molecular flexibility index (Phi) is 3.13. The Morgan fingerprint density at radius 2 is 1.60 bits per heavy atom. The highest BCUT2D eigenvalue weighted by Gasteiger charge is 2.27. The fraction of sp³-hybridized carbons (Fsp3) is 0. The Hall–Kier alpha value is -1.88. The van der Waals surface area contributed by atoms with E-state index in [-0.39, 0.29) is 11.1 Å². The summed E-state index contributed by atoms with van der Waals surface area (Å²) in [6.45, 7) is 0. The topological polar surface area (TPSA) is 155 Å². The van der Waals surface area contributed by atoms with Crippen molar-refractivity contribution >= 4 is 36.7 Å². The summed E-state index contributed by atoms with van der Waals surface area (Å²) in [5, 5.41) is 9.16. The van der Waals surface area contributed by atoms with E-state index >= 15 is 0 Å². The normalized spacial score (nSPS) is 12.7. The summed E-state index contributed by atoms with van der Waals surface area (Å²) >= 11 is 0. The van der Waals surface area contributed by atoms with Crippen LogP contribution >= 0.6 is 0 Å². The van der Waals surface area contributed by atoms with Gasteiger partial charge in [0, 0.05) is 5.39 Å². The Balaban J connectivity index is 3.22. The first-order valence-corrected chi connectivity index (χ1v) is 7.90. The molecule has 0 aliphatic carbocycles. The molecule has 0 aliphatic rings. The molecule has 0 radical (unpaired) electrons. The van der Waals surface area contributed by atoms with Crippen LogP contribution in [0.25, 0.3) is 10.8 Å². The van der Waals surface area contributed by atoms with Crippen LogP contribution in [0.5, 0.6) is 5.75 Å². The van der Waals surface area contributed by atoms with Crippen molar-refractivity contribution in [1.82, 2.24) is 0 Å². The van der Waals surface area contributed by atoms with Gasteiger partial charge in [0.25, 0.3) is 20.2 Å². The molecule has 0 unspecified atom stereocenters. The van der Waals surface area contributed by atoms with Crippen molar-refractivity contribution in [2.24, 2.45) is 0 Å². The number of nitrogens with two attached hydrogens (primary N) is 1. The molecule has 0 saturated heterocycles. The lowest BCUT2D eigenvalue weighted by Gasteiger charge is -2.11. The molecular weight excluding hydrogens is 310 g/mol. The molecule has 0 bridgehead atoms. The van der Waals surface area contributed by atoms with Gasteiger partial charge < -0.3 is 10.8 Å². The van der Waals surface area contributed by atoms with Crippen LogP contribution in [0.3, 0.4) is 0 Å². The van der Waals surface area contributed by atoms with Crippen LogP contribution in [0.1, 0.15) is 0 Å². The number of rotatable bonds is 2. The van der Waals surface area contributed by atoms with E-state index < -0.39 is 41.2 Å². The van der Waals surface area contributed by atoms with Gasteiger partial charge in [-0.25, -0.2) is 0 Å². The van der Waals surface area contributed by atoms with Crippen LogP contribution in [0, 0.1) is 0 Å². The van der Waals surface area contributed by atoms with E-state index in [1.54, 1.807) is 0 Å². The van der Waals surface area contributed by atoms with Gasteiger partial charge in [0.15, 0.2) is 5.75 Å². The summed E-state index contributed by atoms with van der Waals surface area (Å²) in [5.74, 6) is -0.990. The number of aromatic hydroxyl groups is 1. The minimum Gasteiger partial charge on any atom is -0.504 e. The Bertz CT molecular complexity index is 916. The first-order valence-electron chi connectivity index (χ1n) is 5.02. The van der Waals surface area contributed by atoms with Crippen LogP contribution < -0.4 is 5.73 Å². The SMILES string of the molecule is Nc1cc2cccc(S(=O)(=O)O)c2c(S(=O)(=O)O)c1O. The molecular formula is C10H9NO7S2. The average molecular weight is 319 g/mol. The molecule has 0 heterocycles. The second kappa shape index (κ2) is 4.31. The summed E-state index contributed by atoms with van der Waals surface area (Å²) in [7, 11) is -9.74. The number of fused-ring (bicyclic) bond motifs is 1. The maximum absolute atomic E-state index is 11.4. The fourth-order valence-corrected chi connectivity index (χ4v) is 3.50. The number of phenolic OH excluding ortho intramolecular Hbond substituents is 1. The first-order chi connectivity index (χ1) is 9.03. The van der Waals surface area contributed by atoms with Crippen LogP contribution in [-0.2, 0) is 20.2 Å². The monoisotopic (exact) mass is 319 g/mol. The average Bonchev–Trinajstić information content (AvgIpc) is 2.26. The third-order valence-electron chi connectivity index (χ3n) is 2.62. The molecule has 108 valence electrons. The summed E-state index contributed by atoms with van der Waals surface area (Å²) in [6.07, 6.45) is 0. The van der Waals surface area contributed by atoms with Crippen LogP contribution in [0.4, 0.5) is 5.69 Å². The van der Waals surface area contributed by atoms with Gasteiger partial charge in [0.05, 0.1) is 5.69 Å². The molecule has 2 aromatic rings.